The van der Waals surface area contributed by atoms with Gasteiger partial charge in [-0.1, -0.05) is 0 Å². The number of fused-ring (bicyclic) bond motifs is 2. The third-order valence-corrected chi connectivity index (χ3v) is 4.43. The van der Waals surface area contributed by atoms with Crippen LogP contribution in [0.1, 0.15) is 38.5 Å². The molecule has 2 saturated heterocycles. The molecule has 0 radical (unpaired) electrons. The summed E-state index contributed by atoms with van der Waals surface area (Å²) in [6.07, 6.45) is 6.94. The zero-order chi connectivity index (χ0) is 10.4. The van der Waals surface area contributed by atoms with Gasteiger partial charge >= 0.3 is 0 Å². The Bertz CT molecular complexity index is 257. The maximum Gasteiger partial charge on any atom is 0.136 e. The smallest absolute Gasteiger partial charge is 0.136 e. The molecule has 2 heterocycles. The van der Waals surface area contributed by atoms with Gasteiger partial charge in [0.05, 0.1) is 6.10 Å². The zero-order valence-electron chi connectivity index (χ0n) is 9.32. The van der Waals surface area contributed by atoms with Gasteiger partial charge in [0.2, 0.25) is 0 Å². The summed E-state index contributed by atoms with van der Waals surface area (Å²) in [6, 6.07) is 1.85. The van der Waals surface area contributed by atoms with E-state index in [0.717, 1.165) is 12.8 Å². The lowest BCUT2D eigenvalue weighted by atomic mass is 9.84. The maximum atomic E-state index is 11.5. The lowest BCUT2D eigenvalue weighted by Crippen LogP contribution is -2.55. The van der Waals surface area contributed by atoms with E-state index in [9.17, 15) is 4.79 Å². The average Bonchev–Trinajstić information content (AvgIpc) is 2.41. The summed E-state index contributed by atoms with van der Waals surface area (Å²) in [5, 5.41) is 0. The van der Waals surface area contributed by atoms with E-state index < -0.39 is 0 Å². The van der Waals surface area contributed by atoms with Crippen LogP contribution in [0.3, 0.4) is 0 Å². The molecule has 3 rings (SSSR count). The van der Waals surface area contributed by atoms with Crippen molar-refractivity contribution in [3.63, 3.8) is 0 Å². The van der Waals surface area contributed by atoms with Gasteiger partial charge in [0.1, 0.15) is 5.78 Å². The number of Topliss-reactive ketones (excluding diaryl/α,β-unsaturated/α-hetero) is 1. The van der Waals surface area contributed by atoms with E-state index >= 15 is 0 Å². The van der Waals surface area contributed by atoms with E-state index in [1.165, 1.54) is 25.7 Å². The molecule has 0 aromatic heterocycles. The Kier molecular flexibility index (Phi) is 2.33. The first-order valence-corrected chi connectivity index (χ1v) is 6.10. The molecule has 3 fully saturated rings. The first-order valence-electron chi connectivity index (χ1n) is 6.10. The molecule has 3 heteroatoms. The molecule has 15 heavy (non-hydrogen) atoms. The van der Waals surface area contributed by atoms with Gasteiger partial charge < -0.3 is 4.74 Å². The molecule has 0 spiro atoms. The van der Waals surface area contributed by atoms with Crippen molar-refractivity contribution in [2.24, 2.45) is 0 Å². The number of methoxy groups -OCH3 is 1. The van der Waals surface area contributed by atoms with Crippen LogP contribution in [0.2, 0.25) is 0 Å². The molecule has 3 aliphatic rings. The Morgan fingerprint density at radius 3 is 2.27 bits per heavy atom. The van der Waals surface area contributed by atoms with Crippen LogP contribution >= 0.6 is 0 Å². The Hall–Kier alpha value is -0.410. The summed E-state index contributed by atoms with van der Waals surface area (Å²) in [4.78, 5) is 14.1. The van der Waals surface area contributed by atoms with Gasteiger partial charge in [-0.3, -0.25) is 9.69 Å². The fourth-order valence-electron chi connectivity index (χ4n) is 3.57. The second-order valence-corrected chi connectivity index (χ2v) is 5.26. The van der Waals surface area contributed by atoms with Crippen LogP contribution in [0.5, 0.6) is 0 Å². The van der Waals surface area contributed by atoms with E-state index in [4.69, 9.17) is 4.74 Å². The molecule has 0 aromatic rings. The minimum absolute atomic E-state index is 0.479. The van der Waals surface area contributed by atoms with Gasteiger partial charge in [0.15, 0.2) is 0 Å². The van der Waals surface area contributed by atoms with Crippen LogP contribution in [0.25, 0.3) is 0 Å². The van der Waals surface area contributed by atoms with E-state index in [0.29, 0.717) is 30.0 Å². The molecule has 84 valence electrons. The predicted molar refractivity (Wildman–Crippen MR) is 56.7 cm³/mol. The van der Waals surface area contributed by atoms with Crippen LogP contribution in [0.4, 0.5) is 0 Å². The Morgan fingerprint density at radius 2 is 1.73 bits per heavy atom. The van der Waals surface area contributed by atoms with Gasteiger partial charge in [-0.25, -0.2) is 0 Å². The largest absolute Gasteiger partial charge is 0.381 e. The molecule has 3 nitrogen and oxygen atoms in total. The fraction of sp³-hybridized carbons (Fsp3) is 0.917. The fourth-order valence-corrected chi connectivity index (χ4v) is 3.57. The number of piperidine rings is 1. The van der Waals surface area contributed by atoms with Gasteiger partial charge in [-0.15, -0.1) is 0 Å². The molecule has 0 amide bonds. The number of nitrogens with zero attached hydrogens (tertiary/aromatic N) is 1. The topological polar surface area (TPSA) is 29.5 Å². The number of rotatable bonds is 2. The number of carbonyl (C=O) groups is 1. The van der Waals surface area contributed by atoms with Crippen LogP contribution in [-0.4, -0.2) is 42.0 Å². The molecule has 1 saturated carbocycles. The number of carbonyl (C=O) groups excluding carboxylic acids is 1. The van der Waals surface area contributed by atoms with Crippen molar-refractivity contribution >= 4 is 5.78 Å². The van der Waals surface area contributed by atoms with Crippen molar-refractivity contribution in [3.05, 3.63) is 0 Å². The van der Waals surface area contributed by atoms with Gasteiger partial charge in [-0.2, -0.15) is 0 Å². The quantitative estimate of drug-likeness (QED) is 0.687. The van der Waals surface area contributed by atoms with Gasteiger partial charge in [0, 0.05) is 38.1 Å². The van der Waals surface area contributed by atoms with E-state index in [-0.39, 0.29) is 0 Å². The molecule has 2 atom stereocenters. The Balaban J connectivity index is 1.66. The summed E-state index contributed by atoms with van der Waals surface area (Å²) >= 11 is 0. The maximum absolute atomic E-state index is 11.5. The summed E-state index contributed by atoms with van der Waals surface area (Å²) in [5.74, 6) is 0.487. The second-order valence-electron chi connectivity index (χ2n) is 5.26. The highest BCUT2D eigenvalue weighted by Crippen LogP contribution is 2.41. The molecular formula is C12H19NO2. The zero-order valence-corrected chi connectivity index (χ0v) is 9.32. The van der Waals surface area contributed by atoms with E-state index in [2.05, 4.69) is 4.90 Å². The number of hydrogen-bond acceptors (Lipinski definition) is 3. The molecule has 0 aromatic carbocycles. The molecule has 2 bridgehead atoms. The minimum Gasteiger partial charge on any atom is -0.381 e. The SMILES string of the molecule is COC1CC(N2C3CCC2CC(=O)C3)C1. The highest BCUT2D eigenvalue weighted by molar-refractivity contribution is 5.81. The first-order chi connectivity index (χ1) is 7.28. The normalized spacial score (nSPS) is 45.5. The van der Waals surface area contributed by atoms with E-state index in [1.807, 2.05) is 0 Å². The van der Waals surface area contributed by atoms with Crippen molar-refractivity contribution in [3.8, 4) is 0 Å². The third-order valence-electron chi connectivity index (χ3n) is 4.43. The van der Waals surface area contributed by atoms with Crippen LogP contribution in [0.15, 0.2) is 0 Å². The van der Waals surface area contributed by atoms with Gasteiger partial charge in [-0.05, 0) is 25.7 Å². The van der Waals surface area contributed by atoms with Crippen molar-refractivity contribution in [2.45, 2.75) is 62.8 Å². The van der Waals surface area contributed by atoms with Crippen LogP contribution in [-0.2, 0) is 9.53 Å². The van der Waals surface area contributed by atoms with Crippen molar-refractivity contribution in [2.75, 3.05) is 7.11 Å². The highest BCUT2D eigenvalue weighted by Gasteiger charge is 2.47. The minimum atomic E-state index is 0.479. The number of ketones is 1. The Morgan fingerprint density at radius 1 is 1.13 bits per heavy atom. The van der Waals surface area contributed by atoms with Crippen molar-refractivity contribution < 1.29 is 9.53 Å². The molecular weight excluding hydrogens is 190 g/mol. The molecule has 1 aliphatic carbocycles. The lowest BCUT2D eigenvalue weighted by molar-refractivity contribution is -0.127. The number of hydrogen-bond donors (Lipinski definition) is 0. The Labute approximate surface area is 90.8 Å². The molecule has 2 unspecified atom stereocenters. The standard InChI is InChI=1S/C12H19NO2/c1-15-12-6-10(7-12)13-8-2-3-9(13)5-11(14)4-8/h8-10,12H,2-7H2,1H3. The van der Waals surface area contributed by atoms with Crippen molar-refractivity contribution in [1.82, 2.24) is 4.90 Å². The van der Waals surface area contributed by atoms with Crippen LogP contribution in [0, 0.1) is 0 Å². The van der Waals surface area contributed by atoms with Gasteiger partial charge in [0.25, 0.3) is 0 Å². The first kappa shape index (κ1) is 9.79. The van der Waals surface area contributed by atoms with Crippen molar-refractivity contribution in [1.29, 1.82) is 0 Å². The summed E-state index contributed by atoms with van der Waals surface area (Å²) in [7, 11) is 1.80. The third kappa shape index (κ3) is 1.53. The van der Waals surface area contributed by atoms with Crippen LogP contribution < -0.4 is 0 Å². The monoisotopic (exact) mass is 209 g/mol. The predicted octanol–water partition coefficient (Wildman–Crippen LogP) is 1.36. The highest BCUT2D eigenvalue weighted by atomic mass is 16.5. The summed E-state index contributed by atoms with van der Waals surface area (Å²) in [6.45, 7) is 0. The van der Waals surface area contributed by atoms with E-state index in [1.54, 1.807) is 7.11 Å². The molecule has 0 N–H and O–H groups in total. The summed E-state index contributed by atoms with van der Waals surface area (Å²) < 4.78 is 5.33. The second kappa shape index (κ2) is 3.56. The summed E-state index contributed by atoms with van der Waals surface area (Å²) in [5.41, 5.74) is 0. The molecule has 2 aliphatic heterocycles. The number of ether oxygens (including phenoxy) is 1. The average molecular weight is 209 g/mol. The lowest BCUT2D eigenvalue weighted by Gasteiger charge is -2.47.